The van der Waals surface area contributed by atoms with Gasteiger partial charge in [-0.15, -0.1) is 0 Å². The Hall–Kier alpha value is -1.64. The number of aromatic nitrogens is 2. The van der Waals surface area contributed by atoms with Gasteiger partial charge in [0.05, 0.1) is 13.2 Å². The molecule has 8 atom stereocenters. The highest BCUT2D eigenvalue weighted by Gasteiger charge is 2.65. The van der Waals surface area contributed by atoms with E-state index in [1.165, 1.54) is 6.92 Å². The minimum absolute atomic E-state index is 0.0541. The Labute approximate surface area is 151 Å². The van der Waals surface area contributed by atoms with Crippen LogP contribution in [0.3, 0.4) is 0 Å². The zero-order valence-electron chi connectivity index (χ0n) is 14.3. The summed E-state index contributed by atoms with van der Waals surface area (Å²) in [5, 5.41) is 60.2. The van der Waals surface area contributed by atoms with Crippen molar-refractivity contribution >= 4 is 0 Å². The number of rotatable bonds is 4. The molecule has 0 aromatic carbocycles. The van der Waals surface area contributed by atoms with E-state index in [4.69, 9.17) is 9.47 Å². The maximum absolute atomic E-state index is 12.5. The molecule has 3 heterocycles. The van der Waals surface area contributed by atoms with Gasteiger partial charge in [0.2, 0.25) is 5.72 Å². The number of aromatic amines is 1. The fourth-order valence-electron chi connectivity index (χ4n) is 3.61. The third kappa shape index (κ3) is 2.85. The number of nitrogens with zero attached hydrogens (tertiary/aromatic N) is 1. The van der Waals surface area contributed by atoms with Gasteiger partial charge in [-0.05, 0) is 6.92 Å². The van der Waals surface area contributed by atoms with Crippen molar-refractivity contribution in [3.8, 4) is 0 Å². The minimum Gasteiger partial charge on any atom is -0.394 e. The summed E-state index contributed by atoms with van der Waals surface area (Å²) in [7, 11) is 0. The number of aliphatic hydroxyl groups is 6. The topological polar surface area (TPSA) is 195 Å². The van der Waals surface area contributed by atoms with Crippen LogP contribution in [0.15, 0.2) is 15.8 Å². The van der Waals surface area contributed by atoms with E-state index in [2.05, 4.69) is 0 Å². The molecule has 1 aromatic rings. The molecule has 2 fully saturated rings. The molecule has 0 aliphatic carbocycles. The third-order valence-electron chi connectivity index (χ3n) is 5.10. The molecule has 0 amide bonds. The number of ether oxygens (including phenoxy) is 2. The fraction of sp³-hybridized carbons (Fsp3) is 0.733. The predicted octanol–water partition coefficient (Wildman–Crippen LogP) is -4.91. The zero-order chi connectivity index (χ0) is 20.1. The summed E-state index contributed by atoms with van der Waals surface area (Å²) in [6, 6.07) is 0. The van der Waals surface area contributed by atoms with Gasteiger partial charge in [0.25, 0.3) is 5.56 Å². The van der Waals surface area contributed by atoms with Crippen LogP contribution < -0.4 is 11.2 Å². The molecule has 2 aliphatic rings. The summed E-state index contributed by atoms with van der Waals surface area (Å²) < 4.78 is 11.8. The first-order chi connectivity index (χ1) is 12.7. The van der Waals surface area contributed by atoms with Crippen LogP contribution >= 0.6 is 0 Å². The van der Waals surface area contributed by atoms with Crippen LogP contribution in [0.2, 0.25) is 0 Å². The molecule has 2 aliphatic heterocycles. The maximum atomic E-state index is 12.5. The van der Waals surface area contributed by atoms with Crippen molar-refractivity contribution in [1.29, 1.82) is 0 Å². The standard InChI is InChI=1S/C15H22N2O10/c1-5-2-17(14(25)16-13(5)24)15(11(23)9(21)7(4-19)27-15)12-10(22)8(20)6(3-18)26-12/h2,6-12,18-23H,3-4H2,1H3,(H,16,24,25)/t6-,7-,8-,9-,10+,11-,12-,15+/m1/s1. The first-order valence-electron chi connectivity index (χ1n) is 8.29. The van der Waals surface area contributed by atoms with Crippen molar-refractivity contribution in [3.05, 3.63) is 32.6 Å². The number of hydrogen-bond donors (Lipinski definition) is 7. The number of hydrogen-bond acceptors (Lipinski definition) is 10. The molecule has 0 saturated carbocycles. The van der Waals surface area contributed by atoms with E-state index in [1.807, 2.05) is 4.98 Å². The summed E-state index contributed by atoms with van der Waals surface area (Å²) in [6.45, 7) is -0.0284. The van der Waals surface area contributed by atoms with Crippen molar-refractivity contribution in [3.63, 3.8) is 0 Å². The second-order valence-electron chi connectivity index (χ2n) is 6.73. The van der Waals surface area contributed by atoms with Crippen molar-refractivity contribution in [2.24, 2.45) is 0 Å². The fourth-order valence-corrected chi connectivity index (χ4v) is 3.61. The van der Waals surface area contributed by atoms with Gasteiger partial charge in [0.1, 0.15) is 42.7 Å². The van der Waals surface area contributed by atoms with Gasteiger partial charge in [0.15, 0.2) is 0 Å². The molecule has 12 nitrogen and oxygen atoms in total. The Morgan fingerprint density at radius 1 is 1.07 bits per heavy atom. The summed E-state index contributed by atoms with van der Waals surface area (Å²) in [6.07, 6.45) is -10.0. The number of H-pyrrole nitrogens is 1. The highest BCUT2D eigenvalue weighted by atomic mass is 16.6. The van der Waals surface area contributed by atoms with Crippen molar-refractivity contribution in [2.45, 2.75) is 55.4 Å². The van der Waals surface area contributed by atoms with Crippen LogP contribution in [0.4, 0.5) is 0 Å². The van der Waals surface area contributed by atoms with Crippen molar-refractivity contribution < 1.29 is 40.1 Å². The number of nitrogens with one attached hydrogen (secondary N) is 1. The van der Waals surface area contributed by atoms with E-state index < -0.39 is 72.9 Å². The van der Waals surface area contributed by atoms with Gasteiger partial charge in [-0.25, -0.2) is 4.79 Å². The summed E-state index contributed by atoms with van der Waals surface area (Å²) in [5.41, 5.74) is -3.96. The van der Waals surface area contributed by atoms with Crippen LogP contribution in [0.1, 0.15) is 5.56 Å². The van der Waals surface area contributed by atoms with Gasteiger partial charge in [0, 0.05) is 11.8 Å². The van der Waals surface area contributed by atoms with Crippen molar-refractivity contribution in [1.82, 2.24) is 9.55 Å². The largest absolute Gasteiger partial charge is 0.394 e. The van der Waals surface area contributed by atoms with Crippen LogP contribution in [-0.2, 0) is 15.2 Å². The first-order valence-corrected chi connectivity index (χ1v) is 8.29. The third-order valence-corrected chi connectivity index (χ3v) is 5.10. The Balaban J connectivity index is 2.22. The van der Waals surface area contributed by atoms with E-state index >= 15 is 0 Å². The maximum Gasteiger partial charge on any atom is 0.330 e. The van der Waals surface area contributed by atoms with Gasteiger partial charge in [-0.2, -0.15) is 0 Å². The molecule has 12 heteroatoms. The van der Waals surface area contributed by atoms with Crippen LogP contribution in [0.25, 0.3) is 0 Å². The molecule has 0 unspecified atom stereocenters. The second-order valence-corrected chi connectivity index (χ2v) is 6.73. The number of aryl methyl sites for hydroxylation is 1. The molecule has 2 saturated heterocycles. The summed E-state index contributed by atoms with van der Waals surface area (Å²) in [4.78, 5) is 26.2. The molecule has 152 valence electrons. The van der Waals surface area contributed by atoms with Gasteiger partial charge in [-0.1, -0.05) is 0 Å². The predicted molar refractivity (Wildman–Crippen MR) is 85.8 cm³/mol. The lowest BCUT2D eigenvalue weighted by atomic mass is 9.92. The van der Waals surface area contributed by atoms with E-state index in [-0.39, 0.29) is 5.56 Å². The van der Waals surface area contributed by atoms with Crippen LogP contribution in [0, 0.1) is 6.92 Å². The molecule has 7 N–H and O–H groups in total. The average molecular weight is 390 g/mol. The smallest absolute Gasteiger partial charge is 0.330 e. The lowest BCUT2D eigenvalue weighted by Crippen LogP contribution is -2.61. The normalized spacial score (nSPS) is 42.0. The van der Waals surface area contributed by atoms with Crippen LogP contribution in [-0.4, -0.2) is 96.1 Å². The summed E-state index contributed by atoms with van der Waals surface area (Å²) in [5.74, 6) is 0. The van der Waals surface area contributed by atoms with E-state index in [9.17, 15) is 40.2 Å². The Morgan fingerprint density at radius 3 is 2.22 bits per heavy atom. The van der Waals surface area contributed by atoms with Crippen molar-refractivity contribution in [2.75, 3.05) is 13.2 Å². The molecular formula is C15H22N2O10. The monoisotopic (exact) mass is 390 g/mol. The zero-order valence-corrected chi connectivity index (χ0v) is 14.3. The summed E-state index contributed by atoms with van der Waals surface area (Å²) >= 11 is 0. The molecule has 27 heavy (non-hydrogen) atoms. The Morgan fingerprint density at radius 2 is 1.70 bits per heavy atom. The lowest BCUT2D eigenvalue weighted by molar-refractivity contribution is -0.234. The van der Waals surface area contributed by atoms with Gasteiger partial charge < -0.3 is 40.1 Å². The first kappa shape index (κ1) is 20.1. The molecule has 0 bridgehead atoms. The highest BCUT2D eigenvalue weighted by molar-refractivity contribution is 5.13. The Bertz CT molecular complexity index is 809. The van der Waals surface area contributed by atoms with Gasteiger partial charge in [-0.3, -0.25) is 14.3 Å². The molecule has 0 spiro atoms. The second kappa shape index (κ2) is 7.07. The van der Waals surface area contributed by atoms with Gasteiger partial charge >= 0.3 is 5.69 Å². The molecule has 1 aromatic heterocycles. The SMILES string of the molecule is Cc1cn([C@]2([C@@H]3O[C@H](CO)[C@@H](O)[C@@H]3O)O[C@H](CO)[C@@H](O)[C@H]2O)c(=O)[nH]c1=O. The Kier molecular flexibility index (Phi) is 5.26. The average Bonchev–Trinajstić information content (AvgIpc) is 3.07. The lowest BCUT2D eigenvalue weighted by Gasteiger charge is -2.39. The molecule has 3 rings (SSSR count). The van der Waals surface area contributed by atoms with E-state index in [0.29, 0.717) is 0 Å². The van der Waals surface area contributed by atoms with E-state index in [1.54, 1.807) is 0 Å². The molecular weight excluding hydrogens is 368 g/mol. The van der Waals surface area contributed by atoms with E-state index in [0.717, 1.165) is 10.8 Å². The minimum atomic E-state index is -2.29. The molecule has 0 radical (unpaired) electrons. The highest BCUT2D eigenvalue weighted by Crippen LogP contribution is 2.43. The quantitative estimate of drug-likeness (QED) is 0.262. The van der Waals surface area contributed by atoms with Crippen LogP contribution in [0.5, 0.6) is 0 Å². The number of aliphatic hydroxyl groups excluding tert-OH is 6.